The van der Waals surface area contributed by atoms with Gasteiger partial charge in [-0.1, -0.05) is 18.2 Å². The summed E-state index contributed by atoms with van der Waals surface area (Å²) in [6.45, 7) is 0. The molecule has 0 radical (unpaired) electrons. The molecule has 34 heavy (non-hydrogen) atoms. The van der Waals surface area contributed by atoms with Gasteiger partial charge in [0.1, 0.15) is 18.1 Å². The van der Waals surface area contributed by atoms with Crippen molar-refractivity contribution in [3.8, 4) is 40.0 Å². The Hall–Kier alpha value is -4.51. The topological polar surface area (TPSA) is 105 Å². The van der Waals surface area contributed by atoms with Crippen LogP contribution in [0.25, 0.3) is 39.2 Å². The first-order valence-corrected chi connectivity index (χ1v) is 11.3. The van der Waals surface area contributed by atoms with E-state index in [2.05, 4.69) is 37.7 Å². The number of H-pyrrole nitrogens is 1. The van der Waals surface area contributed by atoms with E-state index in [1.54, 1.807) is 0 Å². The minimum atomic E-state index is 0.216. The Morgan fingerprint density at radius 3 is 2.65 bits per heavy atom. The zero-order chi connectivity index (χ0) is 22.9. The molecule has 3 aromatic carbocycles. The molecule has 8 nitrogen and oxygen atoms in total. The third-order valence-electron chi connectivity index (χ3n) is 6.30. The van der Waals surface area contributed by atoms with Gasteiger partial charge in [0.15, 0.2) is 0 Å². The second-order valence-electron chi connectivity index (χ2n) is 8.45. The number of nitrogens with zero attached hydrogens (tertiary/aromatic N) is 6. The SMILES string of the molecule is N#Cc1cc(-c2cccc(-n3cnc4ccc(-c5nn[nH]n5)cc43)c2)ccc1OC1CCCC1. The molecule has 2 heterocycles. The third kappa shape index (κ3) is 3.67. The second-order valence-corrected chi connectivity index (χ2v) is 8.45. The van der Waals surface area contributed by atoms with Crippen molar-refractivity contribution in [3.05, 3.63) is 72.6 Å². The molecule has 1 aliphatic rings. The minimum absolute atomic E-state index is 0.216. The molecule has 6 rings (SSSR count). The molecular weight excluding hydrogens is 426 g/mol. The first-order chi connectivity index (χ1) is 16.8. The van der Waals surface area contributed by atoms with Crippen LogP contribution in [0.1, 0.15) is 31.2 Å². The fourth-order valence-electron chi connectivity index (χ4n) is 4.56. The van der Waals surface area contributed by atoms with Gasteiger partial charge in [-0.05, 0) is 84.5 Å². The minimum Gasteiger partial charge on any atom is -0.489 e. The van der Waals surface area contributed by atoms with Gasteiger partial charge in [0.25, 0.3) is 0 Å². The highest BCUT2D eigenvalue weighted by Crippen LogP contribution is 2.31. The van der Waals surface area contributed by atoms with Crippen molar-refractivity contribution in [1.82, 2.24) is 30.2 Å². The maximum atomic E-state index is 9.73. The molecule has 1 aliphatic carbocycles. The van der Waals surface area contributed by atoms with Gasteiger partial charge in [-0.2, -0.15) is 10.5 Å². The van der Waals surface area contributed by atoms with Crippen molar-refractivity contribution < 1.29 is 4.74 Å². The molecule has 0 saturated heterocycles. The smallest absolute Gasteiger partial charge is 0.204 e. The van der Waals surface area contributed by atoms with Crippen LogP contribution in [0, 0.1) is 11.3 Å². The zero-order valence-corrected chi connectivity index (χ0v) is 18.3. The summed E-state index contributed by atoms with van der Waals surface area (Å²) in [7, 11) is 0. The molecule has 0 unspecified atom stereocenters. The number of hydrogen-bond acceptors (Lipinski definition) is 6. The van der Waals surface area contributed by atoms with Crippen LogP contribution in [0.15, 0.2) is 67.0 Å². The monoisotopic (exact) mass is 447 g/mol. The number of nitrogens with one attached hydrogen (secondary N) is 1. The standard InChI is InChI=1S/C26H21N7O/c27-15-20-12-18(9-11-25(20)34-22-6-1-2-7-22)17-4-3-5-21(13-17)33-16-28-23-10-8-19(14-24(23)33)26-29-31-32-30-26/h3-5,8-14,16,22H,1-2,6-7H2,(H,29,30,31,32). The van der Waals surface area contributed by atoms with Gasteiger partial charge in [-0.3, -0.25) is 4.57 Å². The van der Waals surface area contributed by atoms with Crippen LogP contribution in [-0.2, 0) is 0 Å². The van der Waals surface area contributed by atoms with Crippen molar-refractivity contribution in [1.29, 1.82) is 5.26 Å². The van der Waals surface area contributed by atoms with Crippen molar-refractivity contribution >= 4 is 11.0 Å². The molecule has 1 N–H and O–H groups in total. The first kappa shape index (κ1) is 20.1. The molecule has 2 aromatic heterocycles. The summed E-state index contributed by atoms with van der Waals surface area (Å²) >= 11 is 0. The van der Waals surface area contributed by atoms with Crippen molar-refractivity contribution in [2.75, 3.05) is 0 Å². The lowest BCUT2D eigenvalue weighted by molar-refractivity contribution is 0.209. The summed E-state index contributed by atoms with van der Waals surface area (Å²) in [6.07, 6.45) is 6.52. The molecule has 0 atom stereocenters. The highest BCUT2D eigenvalue weighted by Gasteiger charge is 2.18. The quantitative estimate of drug-likeness (QED) is 0.403. The Kier molecular flexibility index (Phi) is 5.00. The predicted octanol–water partition coefficient (Wildman–Crippen LogP) is 5.07. The van der Waals surface area contributed by atoms with E-state index in [0.717, 1.165) is 46.3 Å². The van der Waals surface area contributed by atoms with Crippen LogP contribution >= 0.6 is 0 Å². The summed E-state index contributed by atoms with van der Waals surface area (Å²) in [5.74, 6) is 1.20. The summed E-state index contributed by atoms with van der Waals surface area (Å²) in [4.78, 5) is 4.55. The average molecular weight is 448 g/mol. The molecule has 166 valence electrons. The van der Waals surface area contributed by atoms with Crippen LogP contribution in [0.4, 0.5) is 0 Å². The molecule has 8 heteroatoms. The van der Waals surface area contributed by atoms with E-state index in [1.165, 1.54) is 12.8 Å². The van der Waals surface area contributed by atoms with Crippen LogP contribution in [0.2, 0.25) is 0 Å². The Labute approximate surface area is 195 Å². The lowest BCUT2D eigenvalue weighted by Crippen LogP contribution is -2.11. The number of aromatic nitrogens is 6. The first-order valence-electron chi connectivity index (χ1n) is 11.3. The van der Waals surface area contributed by atoms with Gasteiger partial charge in [-0.15, -0.1) is 10.2 Å². The van der Waals surface area contributed by atoms with Crippen LogP contribution in [-0.4, -0.2) is 36.3 Å². The van der Waals surface area contributed by atoms with Gasteiger partial charge in [0.2, 0.25) is 5.82 Å². The highest BCUT2D eigenvalue weighted by molar-refractivity contribution is 5.82. The largest absolute Gasteiger partial charge is 0.489 e. The van der Waals surface area contributed by atoms with Crippen molar-refractivity contribution in [3.63, 3.8) is 0 Å². The second kappa shape index (κ2) is 8.45. The molecule has 5 aromatic rings. The normalized spacial score (nSPS) is 13.9. The van der Waals surface area contributed by atoms with Gasteiger partial charge in [0, 0.05) is 11.3 Å². The number of aromatic amines is 1. The number of nitriles is 1. The van der Waals surface area contributed by atoms with Gasteiger partial charge in [-0.25, -0.2) is 4.98 Å². The summed E-state index contributed by atoms with van der Waals surface area (Å²) in [5.41, 5.74) is 6.18. The van der Waals surface area contributed by atoms with E-state index in [1.807, 2.05) is 65.5 Å². The van der Waals surface area contributed by atoms with E-state index in [0.29, 0.717) is 17.1 Å². The van der Waals surface area contributed by atoms with Crippen LogP contribution in [0.5, 0.6) is 5.75 Å². The molecule has 0 spiro atoms. The number of benzene rings is 3. The molecular formula is C26H21N7O. The number of ether oxygens (including phenoxy) is 1. The Morgan fingerprint density at radius 1 is 0.971 bits per heavy atom. The summed E-state index contributed by atoms with van der Waals surface area (Å²) in [5, 5.41) is 24.0. The van der Waals surface area contributed by atoms with E-state index >= 15 is 0 Å². The van der Waals surface area contributed by atoms with Crippen LogP contribution in [0.3, 0.4) is 0 Å². The van der Waals surface area contributed by atoms with Crippen LogP contribution < -0.4 is 4.74 Å². The summed E-state index contributed by atoms with van der Waals surface area (Å²) in [6, 6.07) is 22.2. The van der Waals surface area contributed by atoms with E-state index in [4.69, 9.17) is 4.74 Å². The summed E-state index contributed by atoms with van der Waals surface area (Å²) < 4.78 is 8.14. The average Bonchev–Trinajstić information content (AvgIpc) is 3.66. The number of fused-ring (bicyclic) bond motifs is 1. The maximum absolute atomic E-state index is 9.73. The molecule has 1 saturated carbocycles. The van der Waals surface area contributed by atoms with Gasteiger partial charge in [0.05, 0.1) is 22.7 Å². The number of tetrazole rings is 1. The van der Waals surface area contributed by atoms with Gasteiger partial charge >= 0.3 is 0 Å². The molecule has 1 fully saturated rings. The van der Waals surface area contributed by atoms with Gasteiger partial charge < -0.3 is 4.74 Å². The predicted molar refractivity (Wildman–Crippen MR) is 127 cm³/mol. The van der Waals surface area contributed by atoms with E-state index in [-0.39, 0.29) is 6.10 Å². The Morgan fingerprint density at radius 2 is 1.82 bits per heavy atom. The number of hydrogen-bond donors (Lipinski definition) is 1. The Bertz CT molecular complexity index is 1510. The third-order valence-corrected chi connectivity index (χ3v) is 6.30. The Balaban J connectivity index is 1.36. The molecule has 0 aliphatic heterocycles. The fourth-order valence-corrected chi connectivity index (χ4v) is 4.56. The fraction of sp³-hybridized carbons (Fsp3) is 0.192. The lowest BCUT2D eigenvalue weighted by Gasteiger charge is -2.15. The van der Waals surface area contributed by atoms with Crippen molar-refractivity contribution in [2.45, 2.75) is 31.8 Å². The van der Waals surface area contributed by atoms with E-state index < -0.39 is 0 Å². The lowest BCUT2D eigenvalue weighted by atomic mass is 10.0. The maximum Gasteiger partial charge on any atom is 0.204 e. The number of imidazole rings is 1. The molecule has 0 amide bonds. The van der Waals surface area contributed by atoms with E-state index in [9.17, 15) is 5.26 Å². The zero-order valence-electron chi connectivity index (χ0n) is 18.3. The highest BCUT2D eigenvalue weighted by atomic mass is 16.5. The molecule has 0 bridgehead atoms. The number of rotatable bonds is 5. The van der Waals surface area contributed by atoms with Crippen molar-refractivity contribution in [2.24, 2.45) is 0 Å².